The third kappa shape index (κ3) is 3.52. The van der Waals surface area contributed by atoms with Gasteiger partial charge in [0.15, 0.2) is 0 Å². The number of nitrogens with two attached hydrogens (primary N) is 1. The Balaban J connectivity index is 2.58. The van der Waals surface area contributed by atoms with Crippen molar-refractivity contribution in [3.63, 3.8) is 0 Å². The standard InChI is InChI=1S/C11H16N2O3/c1-2-16-9-5-3-8(4-6-9)13-11(15)10(12)7-14/h3-6,10,14H,2,7,12H2,1H3,(H,13,15). The molecule has 0 fully saturated rings. The van der Waals surface area contributed by atoms with Crippen molar-refractivity contribution in [2.45, 2.75) is 13.0 Å². The van der Waals surface area contributed by atoms with Gasteiger partial charge >= 0.3 is 0 Å². The van der Waals surface area contributed by atoms with Crippen molar-refractivity contribution in [2.24, 2.45) is 5.73 Å². The van der Waals surface area contributed by atoms with E-state index in [0.717, 1.165) is 5.75 Å². The van der Waals surface area contributed by atoms with Crippen LogP contribution in [0, 0.1) is 0 Å². The molecule has 0 bridgehead atoms. The zero-order chi connectivity index (χ0) is 12.0. The summed E-state index contributed by atoms with van der Waals surface area (Å²) >= 11 is 0. The summed E-state index contributed by atoms with van der Waals surface area (Å²) in [4.78, 5) is 11.3. The minimum Gasteiger partial charge on any atom is -0.494 e. The molecule has 0 aliphatic rings. The maximum absolute atomic E-state index is 11.3. The third-order valence-corrected chi connectivity index (χ3v) is 1.97. The Labute approximate surface area is 94.2 Å². The quantitative estimate of drug-likeness (QED) is 0.673. The molecule has 1 atom stereocenters. The molecule has 88 valence electrons. The monoisotopic (exact) mass is 224 g/mol. The summed E-state index contributed by atoms with van der Waals surface area (Å²) in [5.74, 6) is 0.332. The number of anilines is 1. The fourth-order valence-electron chi connectivity index (χ4n) is 1.12. The number of hydrogen-bond donors (Lipinski definition) is 3. The first-order valence-corrected chi connectivity index (χ1v) is 5.07. The lowest BCUT2D eigenvalue weighted by molar-refractivity contribution is -0.118. The highest BCUT2D eigenvalue weighted by Gasteiger charge is 2.11. The summed E-state index contributed by atoms with van der Waals surface area (Å²) in [5, 5.41) is 11.3. The summed E-state index contributed by atoms with van der Waals surface area (Å²) in [6, 6.07) is 6.04. The summed E-state index contributed by atoms with van der Waals surface area (Å²) in [6.45, 7) is 2.12. The number of aliphatic hydroxyl groups excluding tert-OH is 1. The van der Waals surface area contributed by atoms with Crippen LogP contribution in [0.2, 0.25) is 0 Å². The van der Waals surface area contributed by atoms with E-state index in [1.165, 1.54) is 0 Å². The molecule has 1 unspecified atom stereocenters. The van der Waals surface area contributed by atoms with Crippen LogP contribution < -0.4 is 15.8 Å². The molecule has 5 heteroatoms. The lowest BCUT2D eigenvalue weighted by atomic mass is 10.2. The molecule has 0 spiro atoms. The van der Waals surface area contributed by atoms with Gasteiger partial charge in [0.1, 0.15) is 11.8 Å². The smallest absolute Gasteiger partial charge is 0.243 e. The van der Waals surface area contributed by atoms with E-state index in [1.807, 2.05) is 6.92 Å². The number of carbonyl (C=O) groups excluding carboxylic acids is 1. The molecule has 1 rings (SSSR count). The Kier molecular flexibility index (Phi) is 4.75. The summed E-state index contributed by atoms with van der Waals surface area (Å²) in [6.07, 6.45) is 0. The number of aliphatic hydroxyl groups is 1. The Morgan fingerprint density at radius 2 is 2.12 bits per heavy atom. The number of amides is 1. The predicted octanol–water partition coefficient (Wildman–Crippen LogP) is 0.343. The van der Waals surface area contributed by atoms with E-state index in [2.05, 4.69) is 5.32 Å². The molecule has 0 radical (unpaired) electrons. The van der Waals surface area contributed by atoms with Crippen LogP contribution in [0.5, 0.6) is 5.75 Å². The van der Waals surface area contributed by atoms with Gasteiger partial charge in [0.25, 0.3) is 0 Å². The number of ether oxygens (including phenoxy) is 1. The van der Waals surface area contributed by atoms with Crippen LogP contribution in [0.3, 0.4) is 0 Å². The summed E-state index contributed by atoms with van der Waals surface area (Å²) in [5.41, 5.74) is 5.98. The van der Waals surface area contributed by atoms with Crippen molar-refractivity contribution < 1.29 is 14.6 Å². The third-order valence-electron chi connectivity index (χ3n) is 1.97. The van der Waals surface area contributed by atoms with Gasteiger partial charge in [0.2, 0.25) is 5.91 Å². The average Bonchev–Trinajstić information content (AvgIpc) is 2.31. The molecule has 0 saturated heterocycles. The van der Waals surface area contributed by atoms with E-state index in [4.69, 9.17) is 15.6 Å². The minimum atomic E-state index is -0.897. The highest BCUT2D eigenvalue weighted by atomic mass is 16.5. The van der Waals surface area contributed by atoms with Crippen LogP contribution in [-0.2, 0) is 4.79 Å². The fourth-order valence-corrected chi connectivity index (χ4v) is 1.12. The first-order valence-electron chi connectivity index (χ1n) is 5.07. The molecule has 1 aromatic carbocycles. The maximum atomic E-state index is 11.3. The van der Waals surface area contributed by atoms with Crippen molar-refractivity contribution in [1.82, 2.24) is 0 Å². The van der Waals surface area contributed by atoms with Crippen LogP contribution in [0.4, 0.5) is 5.69 Å². The van der Waals surface area contributed by atoms with Crippen LogP contribution in [0.1, 0.15) is 6.92 Å². The number of benzene rings is 1. The minimum absolute atomic E-state index is 0.372. The average molecular weight is 224 g/mol. The van der Waals surface area contributed by atoms with Crippen molar-refractivity contribution in [1.29, 1.82) is 0 Å². The van der Waals surface area contributed by atoms with Gasteiger partial charge in [-0.15, -0.1) is 0 Å². The van der Waals surface area contributed by atoms with Gasteiger partial charge in [-0.1, -0.05) is 0 Å². The second-order valence-electron chi connectivity index (χ2n) is 3.24. The van der Waals surface area contributed by atoms with E-state index < -0.39 is 11.9 Å². The first-order chi connectivity index (χ1) is 7.67. The zero-order valence-electron chi connectivity index (χ0n) is 9.14. The number of carbonyl (C=O) groups is 1. The van der Waals surface area contributed by atoms with Gasteiger partial charge in [-0.05, 0) is 31.2 Å². The Hall–Kier alpha value is -1.59. The number of rotatable bonds is 5. The van der Waals surface area contributed by atoms with Gasteiger partial charge < -0.3 is 20.9 Å². The molecule has 1 aromatic rings. The van der Waals surface area contributed by atoms with Crippen molar-refractivity contribution in [3.8, 4) is 5.75 Å². The van der Waals surface area contributed by atoms with Crippen molar-refractivity contribution in [2.75, 3.05) is 18.5 Å². The number of hydrogen-bond acceptors (Lipinski definition) is 4. The van der Waals surface area contributed by atoms with E-state index in [-0.39, 0.29) is 6.61 Å². The molecule has 0 aromatic heterocycles. The van der Waals surface area contributed by atoms with Crippen LogP contribution >= 0.6 is 0 Å². The van der Waals surface area contributed by atoms with Crippen LogP contribution in [0.25, 0.3) is 0 Å². The largest absolute Gasteiger partial charge is 0.494 e. The molecule has 1 amide bonds. The summed E-state index contributed by atoms with van der Waals surface area (Å²) in [7, 11) is 0. The van der Waals surface area contributed by atoms with Crippen LogP contribution in [-0.4, -0.2) is 30.3 Å². The Bertz CT molecular complexity index is 338. The van der Waals surface area contributed by atoms with E-state index in [9.17, 15) is 4.79 Å². The molecule has 0 heterocycles. The second kappa shape index (κ2) is 6.09. The molecule has 16 heavy (non-hydrogen) atoms. The van der Waals surface area contributed by atoms with Crippen LogP contribution in [0.15, 0.2) is 24.3 Å². The Morgan fingerprint density at radius 3 is 2.62 bits per heavy atom. The molecule has 5 nitrogen and oxygen atoms in total. The highest BCUT2D eigenvalue weighted by molar-refractivity contribution is 5.94. The van der Waals surface area contributed by atoms with Gasteiger partial charge in [-0.3, -0.25) is 4.79 Å². The predicted molar refractivity (Wildman–Crippen MR) is 61.3 cm³/mol. The molecular weight excluding hydrogens is 208 g/mol. The Morgan fingerprint density at radius 1 is 1.50 bits per heavy atom. The van der Waals surface area contributed by atoms with Gasteiger partial charge in [0, 0.05) is 5.69 Å². The molecule has 0 aliphatic heterocycles. The van der Waals surface area contributed by atoms with E-state index >= 15 is 0 Å². The summed E-state index contributed by atoms with van der Waals surface area (Å²) < 4.78 is 5.26. The zero-order valence-corrected chi connectivity index (χ0v) is 9.14. The lowest BCUT2D eigenvalue weighted by Crippen LogP contribution is -2.38. The van der Waals surface area contributed by atoms with Gasteiger partial charge in [0.05, 0.1) is 13.2 Å². The SMILES string of the molecule is CCOc1ccc(NC(=O)C(N)CO)cc1. The van der Waals surface area contributed by atoms with Crippen molar-refractivity contribution in [3.05, 3.63) is 24.3 Å². The number of nitrogens with one attached hydrogen (secondary N) is 1. The topological polar surface area (TPSA) is 84.6 Å². The van der Waals surface area contributed by atoms with E-state index in [1.54, 1.807) is 24.3 Å². The van der Waals surface area contributed by atoms with Gasteiger partial charge in [-0.2, -0.15) is 0 Å². The van der Waals surface area contributed by atoms with E-state index in [0.29, 0.717) is 12.3 Å². The molecular formula is C11H16N2O3. The fraction of sp³-hybridized carbons (Fsp3) is 0.364. The molecule has 4 N–H and O–H groups in total. The second-order valence-corrected chi connectivity index (χ2v) is 3.24. The maximum Gasteiger partial charge on any atom is 0.243 e. The highest BCUT2D eigenvalue weighted by Crippen LogP contribution is 2.15. The van der Waals surface area contributed by atoms with Crippen molar-refractivity contribution >= 4 is 11.6 Å². The molecule has 0 saturated carbocycles. The lowest BCUT2D eigenvalue weighted by Gasteiger charge is -2.10. The normalized spacial score (nSPS) is 11.9. The van der Waals surface area contributed by atoms with Gasteiger partial charge in [-0.25, -0.2) is 0 Å². The first kappa shape index (κ1) is 12.5. The molecule has 0 aliphatic carbocycles.